The lowest BCUT2D eigenvalue weighted by molar-refractivity contribution is 0.115. The molecular formula is C26H47N. The summed E-state index contributed by atoms with van der Waals surface area (Å²) in [5.41, 5.74) is 0.0425. The van der Waals surface area contributed by atoms with Crippen LogP contribution < -0.4 is 0 Å². The summed E-state index contributed by atoms with van der Waals surface area (Å²) >= 11 is 0. The SMILES string of the molecule is CCCCCCCCCC1CCC(C2CCC(C#N)(CCCC)CC2)CC1. The maximum atomic E-state index is 9.71. The molecule has 0 bridgehead atoms. The number of nitrogens with zero attached hydrogens (tertiary/aromatic N) is 1. The molecule has 2 fully saturated rings. The Morgan fingerprint density at radius 2 is 1.26 bits per heavy atom. The quantitative estimate of drug-likeness (QED) is 0.313. The molecule has 1 nitrogen and oxygen atoms in total. The highest BCUT2D eigenvalue weighted by Crippen LogP contribution is 2.47. The maximum absolute atomic E-state index is 9.71. The van der Waals surface area contributed by atoms with Crippen molar-refractivity contribution in [3.05, 3.63) is 0 Å². The van der Waals surface area contributed by atoms with E-state index < -0.39 is 0 Å². The minimum absolute atomic E-state index is 0.0425. The first-order chi connectivity index (χ1) is 13.2. The Morgan fingerprint density at radius 1 is 0.704 bits per heavy atom. The molecule has 2 rings (SSSR count). The van der Waals surface area contributed by atoms with Crippen LogP contribution in [0.5, 0.6) is 0 Å². The first-order valence-corrected chi connectivity index (χ1v) is 12.6. The van der Waals surface area contributed by atoms with Crippen LogP contribution in [0.3, 0.4) is 0 Å². The zero-order valence-electron chi connectivity index (χ0n) is 18.6. The Bertz CT molecular complexity index is 404. The zero-order chi connectivity index (χ0) is 19.4. The van der Waals surface area contributed by atoms with Crippen molar-refractivity contribution in [2.75, 3.05) is 0 Å². The Kier molecular flexibility index (Phi) is 10.8. The van der Waals surface area contributed by atoms with Crippen molar-refractivity contribution < 1.29 is 0 Å². The van der Waals surface area contributed by atoms with Crippen LogP contribution in [-0.4, -0.2) is 0 Å². The van der Waals surface area contributed by atoms with Gasteiger partial charge < -0.3 is 0 Å². The second kappa shape index (κ2) is 12.9. The maximum Gasteiger partial charge on any atom is 0.0689 e. The third kappa shape index (κ3) is 7.79. The molecule has 0 aromatic carbocycles. The van der Waals surface area contributed by atoms with Gasteiger partial charge in [-0.05, 0) is 62.7 Å². The lowest BCUT2D eigenvalue weighted by Crippen LogP contribution is -2.31. The summed E-state index contributed by atoms with van der Waals surface area (Å²) in [5.74, 6) is 2.95. The predicted molar refractivity (Wildman–Crippen MR) is 118 cm³/mol. The zero-order valence-corrected chi connectivity index (χ0v) is 18.6. The molecule has 27 heavy (non-hydrogen) atoms. The molecule has 0 aromatic heterocycles. The van der Waals surface area contributed by atoms with Gasteiger partial charge in [-0.2, -0.15) is 5.26 Å². The molecule has 0 atom stereocenters. The minimum Gasteiger partial charge on any atom is -0.198 e. The standard InChI is InChI=1S/C26H47N/c1-3-5-7-8-9-10-11-12-23-13-15-24(16-14-23)25-17-20-26(22-27,21-18-25)19-6-4-2/h23-25H,3-21H2,1-2H3. The average molecular weight is 374 g/mol. The molecule has 0 aromatic rings. The summed E-state index contributed by atoms with van der Waals surface area (Å²) in [6, 6.07) is 2.73. The van der Waals surface area contributed by atoms with E-state index in [9.17, 15) is 5.26 Å². The fourth-order valence-corrected chi connectivity index (χ4v) is 5.94. The van der Waals surface area contributed by atoms with E-state index in [1.54, 1.807) is 0 Å². The predicted octanol–water partition coefficient (Wildman–Crippen LogP) is 8.82. The van der Waals surface area contributed by atoms with E-state index in [1.807, 2.05) is 0 Å². The van der Waals surface area contributed by atoms with Crippen LogP contribution in [0.1, 0.15) is 136 Å². The Balaban J connectivity index is 1.58. The molecule has 0 N–H and O–H groups in total. The van der Waals surface area contributed by atoms with Crippen LogP contribution in [0.25, 0.3) is 0 Å². The lowest BCUT2D eigenvalue weighted by atomic mass is 9.63. The summed E-state index contributed by atoms with van der Waals surface area (Å²) in [4.78, 5) is 0. The molecule has 0 unspecified atom stereocenters. The summed E-state index contributed by atoms with van der Waals surface area (Å²) in [6.07, 6.45) is 26.3. The lowest BCUT2D eigenvalue weighted by Gasteiger charge is -2.41. The first-order valence-electron chi connectivity index (χ1n) is 12.6. The van der Waals surface area contributed by atoms with Crippen LogP contribution in [0.2, 0.25) is 0 Å². The van der Waals surface area contributed by atoms with Gasteiger partial charge in [0.05, 0.1) is 11.5 Å². The molecular weight excluding hydrogens is 326 g/mol. The number of hydrogen-bond acceptors (Lipinski definition) is 1. The molecule has 0 spiro atoms. The van der Waals surface area contributed by atoms with Crippen molar-refractivity contribution in [3.8, 4) is 6.07 Å². The molecule has 0 radical (unpaired) electrons. The van der Waals surface area contributed by atoms with Gasteiger partial charge in [0.25, 0.3) is 0 Å². The number of nitriles is 1. The van der Waals surface area contributed by atoms with Gasteiger partial charge in [0.1, 0.15) is 0 Å². The molecule has 2 aliphatic carbocycles. The van der Waals surface area contributed by atoms with Gasteiger partial charge in [-0.25, -0.2) is 0 Å². The topological polar surface area (TPSA) is 23.8 Å². The highest BCUT2D eigenvalue weighted by atomic mass is 14.4. The average Bonchev–Trinajstić information content (AvgIpc) is 2.72. The Labute approximate surface area is 170 Å². The van der Waals surface area contributed by atoms with E-state index in [4.69, 9.17) is 0 Å². The fourth-order valence-electron chi connectivity index (χ4n) is 5.94. The molecule has 156 valence electrons. The monoisotopic (exact) mass is 373 g/mol. The molecule has 1 heteroatoms. The van der Waals surface area contributed by atoms with E-state index in [2.05, 4.69) is 19.9 Å². The number of hydrogen-bond donors (Lipinski definition) is 0. The van der Waals surface area contributed by atoms with Gasteiger partial charge in [-0.15, -0.1) is 0 Å². The molecule has 0 heterocycles. The molecule has 0 saturated heterocycles. The minimum atomic E-state index is 0.0425. The van der Waals surface area contributed by atoms with E-state index in [-0.39, 0.29) is 5.41 Å². The molecule has 0 amide bonds. The highest BCUT2D eigenvalue weighted by Gasteiger charge is 2.38. The van der Waals surface area contributed by atoms with Crippen LogP contribution in [0.15, 0.2) is 0 Å². The van der Waals surface area contributed by atoms with Gasteiger partial charge >= 0.3 is 0 Å². The smallest absolute Gasteiger partial charge is 0.0689 e. The van der Waals surface area contributed by atoms with Crippen molar-refractivity contribution >= 4 is 0 Å². The van der Waals surface area contributed by atoms with Crippen LogP contribution in [0.4, 0.5) is 0 Å². The van der Waals surface area contributed by atoms with Crippen LogP contribution in [0, 0.1) is 34.5 Å². The summed E-state index contributed by atoms with van der Waals surface area (Å²) in [6.45, 7) is 4.55. The molecule has 2 saturated carbocycles. The second-order valence-corrected chi connectivity index (χ2v) is 10.0. The Hall–Kier alpha value is -0.510. The van der Waals surface area contributed by atoms with Crippen molar-refractivity contribution in [1.82, 2.24) is 0 Å². The van der Waals surface area contributed by atoms with Gasteiger partial charge in [0.15, 0.2) is 0 Å². The molecule has 0 aliphatic heterocycles. The fraction of sp³-hybridized carbons (Fsp3) is 0.962. The van der Waals surface area contributed by atoms with E-state index in [1.165, 1.54) is 116 Å². The summed E-state index contributed by atoms with van der Waals surface area (Å²) in [7, 11) is 0. The van der Waals surface area contributed by atoms with Crippen LogP contribution in [-0.2, 0) is 0 Å². The van der Waals surface area contributed by atoms with Gasteiger partial charge in [-0.3, -0.25) is 0 Å². The van der Waals surface area contributed by atoms with Crippen LogP contribution >= 0.6 is 0 Å². The van der Waals surface area contributed by atoms with E-state index in [0.717, 1.165) is 24.2 Å². The normalized spacial score (nSPS) is 31.5. The Morgan fingerprint density at radius 3 is 1.85 bits per heavy atom. The first kappa shape index (κ1) is 22.8. The third-order valence-corrected chi connectivity index (χ3v) is 8.01. The van der Waals surface area contributed by atoms with Gasteiger partial charge in [0.2, 0.25) is 0 Å². The van der Waals surface area contributed by atoms with E-state index >= 15 is 0 Å². The number of unbranched alkanes of at least 4 members (excludes halogenated alkanes) is 7. The highest BCUT2D eigenvalue weighted by molar-refractivity contribution is 5.02. The van der Waals surface area contributed by atoms with Gasteiger partial charge in [0, 0.05) is 0 Å². The summed E-state index contributed by atoms with van der Waals surface area (Å²) in [5, 5.41) is 9.71. The van der Waals surface area contributed by atoms with Gasteiger partial charge in [-0.1, -0.05) is 90.9 Å². The van der Waals surface area contributed by atoms with Crippen molar-refractivity contribution in [2.45, 2.75) is 136 Å². The molecule has 2 aliphatic rings. The second-order valence-electron chi connectivity index (χ2n) is 10.0. The third-order valence-electron chi connectivity index (χ3n) is 8.01. The van der Waals surface area contributed by atoms with Crippen molar-refractivity contribution in [3.63, 3.8) is 0 Å². The van der Waals surface area contributed by atoms with Crippen molar-refractivity contribution in [1.29, 1.82) is 5.26 Å². The largest absolute Gasteiger partial charge is 0.198 e. The van der Waals surface area contributed by atoms with E-state index in [0.29, 0.717) is 0 Å². The summed E-state index contributed by atoms with van der Waals surface area (Å²) < 4.78 is 0. The van der Waals surface area contributed by atoms with Crippen molar-refractivity contribution in [2.24, 2.45) is 23.2 Å². The number of rotatable bonds is 12.